The Labute approximate surface area is 273 Å². The van der Waals surface area contributed by atoms with Crippen molar-refractivity contribution in [1.29, 1.82) is 0 Å². The number of esters is 1. The fourth-order valence-corrected chi connectivity index (χ4v) is 8.69. The van der Waals surface area contributed by atoms with Gasteiger partial charge in [0, 0.05) is 11.5 Å². The lowest BCUT2D eigenvalue weighted by atomic mass is 9.55. The highest BCUT2D eigenvalue weighted by atomic mass is 79.9. The first-order valence-corrected chi connectivity index (χ1v) is 15.9. The van der Waals surface area contributed by atoms with E-state index in [0.717, 1.165) is 33.4 Å². The van der Waals surface area contributed by atoms with Gasteiger partial charge in [-0.2, -0.15) is 0 Å². The standard InChI is InChI=1S/C39H26BrNO5/c40-39-30-15-6-4-13-28(30)33(29-14-5-7-16-31(29)39)34-35(39)37(44)41(36(34)43)27-12-8-11-26(21-27)38(45)46-22-32(42)25-19-17-24(18-20-25)23-9-2-1-3-10-23/h1-21,33-35H,22H2/t33?,34-,35+,39?/m0/s1. The lowest BCUT2D eigenvalue weighted by Crippen LogP contribution is -2.50. The number of carbonyl (C=O) groups excluding carboxylic acids is 4. The smallest absolute Gasteiger partial charge is 0.338 e. The molecule has 7 heteroatoms. The molecule has 0 spiro atoms. The van der Waals surface area contributed by atoms with Crippen molar-refractivity contribution in [1.82, 2.24) is 0 Å². The molecule has 0 saturated carbocycles. The summed E-state index contributed by atoms with van der Waals surface area (Å²) >= 11 is 4.01. The fourth-order valence-electron chi connectivity index (χ4n) is 7.48. The Morgan fingerprint density at radius 1 is 0.674 bits per heavy atom. The number of ketones is 1. The van der Waals surface area contributed by atoms with E-state index < -0.39 is 28.7 Å². The molecule has 2 atom stereocenters. The van der Waals surface area contributed by atoms with Gasteiger partial charge in [0.25, 0.3) is 0 Å². The summed E-state index contributed by atoms with van der Waals surface area (Å²) in [5, 5.41) is 0. The number of imide groups is 1. The SMILES string of the molecule is O=C(COC(=O)c1cccc(N2C(=O)[C@H]3C4c5ccccc5C(Br)(c5ccccc54)[C@H]3C2=O)c1)c1ccc(-c2ccccc2)cc1. The van der Waals surface area contributed by atoms with Crippen LogP contribution in [0.3, 0.4) is 0 Å². The Kier molecular flexibility index (Phi) is 6.62. The molecule has 0 aromatic heterocycles. The third kappa shape index (κ3) is 4.15. The molecule has 1 aliphatic heterocycles. The van der Waals surface area contributed by atoms with Gasteiger partial charge in [-0.1, -0.05) is 125 Å². The predicted octanol–water partition coefficient (Wildman–Crippen LogP) is 7.30. The van der Waals surface area contributed by atoms with Crippen LogP contribution >= 0.6 is 15.9 Å². The van der Waals surface area contributed by atoms with Gasteiger partial charge in [0.1, 0.15) is 0 Å². The highest BCUT2D eigenvalue weighted by Crippen LogP contribution is 2.66. The van der Waals surface area contributed by atoms with Crippen LogP contribution in [0.1, 0.15) is 48.9 Å². The van der Waals surface area contributed by atoms with E-state index >= 15 is 0 Å². The van der Waals surface area contributed by atoms with E-state index in [2.05, 4.69) is 15.9 Å². The maximum absolute atomic E-state index is 14.2. The van der Waals surface area contributed by atoms with Crippen LogP contribution in [0.2, 0.25) is 0 Å². The quantitative estimate of drug-likeness (QED) is 0.0822. The second kappa shape index (κ2) is 10.7. The van der Waals surface area contributed by atoms with E-state index in [1.165, 1.54) is 11.0 Å². The van der Waals surface area contributed by atoms with Crippen molar-refractivity contribution in [3.8, 4) is 11.1 Å². The zero-order chi connectivity index (χ0) is 31.6. The number of hydrogen-bond donors (Lipinski definition) is 0. The monoisotopic (exact) mass is 667 g/mol. The number of ether oxygens (including phenoxy) is 1. The van der Waals surface area contributed by atoms with E-state index in [1.807, 2.05) is 91.0 Å². The molecule has 2 bridgehead atoms. The summed E-state index contributed by atoms with van der Waals surface area (Å²) in [5.74, 6) is -3.19. The summed E-state index contributed by atoms with van der Waals surface area (Å²) in [4.78, 5) is 55.6. The topological polar surface area (TPSA) is 80.8 Å². The molecule has 0 N–H and O–H groups in total. The van der Waals surface area contributed by atoms with Crippen LogP contribution in [0.4, 0.5) is 5.69 Å². The second-order valence-electron chi connectivity index (χ2n) is 11.9. The summed E-state index contributed by atoms with van der Waals surface area (Å²) in [6, 6.07) is 39.2. The Bertz CT molecular complexity index is 2020. The van der Waals surface area contributed by atoms with Crippen LogP contribution in [0.15, 0.2) is 127 Å². The Balaban J connectivity index is 1.03. The third-order valence-corrected chi connectivity index (χ3v) is 10.9. The number of halogens is 1. The van der Waals surface area contributed by atoms with Crippen LogP contribution in [-0.4, -0.2) is 30.2 Å². The van der Waals surface area contributed by atoms with Gasteiger partial charge in [-0.3, -0.25) is 14.4 Å². The number of nitrogens with zero attached hydrogens (tertiary/aromatic N) is 1. The maximum Gasteiger partial charge on any atom is 0.338 e. The summed E-state index contributed by atoms with van der Waals surface area (Å²) in [6.45, 7) is -0.441. The van der Waals surface area contributed by atoms with Crippen molar-refractivity contribution < 1.29 is 23.9 Å². The average Bonchev–Trinajstić information content (AvgIpc) is 3.38. The van der Waals surface area contributed by atoms with Gasteiger partial charge in [0.15, 0.2) is 12.4 Å². The number of rotatable bonds is 6. The lowest BCUT2D eigenvalue weighted by molar-refractivity contribution is -0.122. The van der Waals surface area contributed by atoms with Crippen LogP contribution in [0.25, 0.3) is 11.1 Å². The minimum Gasteiger partial charge on any atom is -0.454 e. The van der Waals surface area contributed by atoms with E-state index in [-0.39, 0.29) is 29.1 Å². The molecule has 5 aromatic rings. The molecule has 0 radical (unpaired) electrons. The highest BCUT2D eigenvalue weighted by Gasteiger charge is 2.67. The molecule has 2 amide bonds. The average molecular weight is 669 g/mol. The Morgan fingerprint density at radius 2 is 1.28 bits per heavy atom. The van der Waals surface area contributed by atoms with Crippen molar-refractivity contribution in [2.24, 2.45) is 11.8 Å². The van der Waals surface area contributed by atoms with E-state index in [0.29, 0.717) is 11.3 Å². The van der Waals surface area contributed by atoms with Crippen LogP contribution < -0.4 is 4.90 Å². The third-order valence-electron chi connectivity index (χ3n) is 9.50. The van der Waals surface area contributed by atoms with Gasteiger partial charge in [0.05, 0.1) is 27.4 Å². The van der Waals surface area contributed by atoms with Gasteiger partial charge in [-0.15, -0.1) is 0 Å². The molecule has 3 aliphatic carbocycles. The minimum absolute atomic E-state index is 0.142. The zero-order valence-corrected chi connectivity index (χ0v) is 26.0. The number of benzene rings is 5. The minimum atomic E-state index is -0.864. The number of alkyl halides is 1. The summed E-state index contributed by atoms with van der Waals surface area (Å²) < 4.78 is 4.52. The molecule has 46 heavy (non-hydrogen) atoms. The Hall–Kier alpha value is -5.14. The fraction of sp³-hybridized carbons (Fsp3) is 0.128. The molecule has 4 aliphatic rings. The summed E-state index contributed by atoms with van der Waals surface area (Å²) in [7, 11) is 0. The molecular formula is C39H26BrNO5. The number of anilines is 1. The molecule has 0 unspecified atom stereocenters. The number of carbonyl (C=O) groups is 4. The first-order chi connectivity index (χ1) is 22.4. The first-order valence-electron chi connectivity index (χ1n) is 15.1. The molecule has 1 saturated heterocycles. The number of hydrogen-bond acceptors (Lipinski definition) is 5. The summed E-state index contributed by atoms with van der Waals surface area (Å²) in [5.41, 5.74) is 6.96. The molecule has 224 valence electrons. The van der Waals surface area contributed by atoms with Crippen molar-refractivity contribution in [3.05, 3.63) is 161 Å². The second-order valence-corrected chi connectivity index (χ2v) is 13.1. The van der Waals surface area contributed by atoms with Crippen molar-refractivity contribution in [3.63, 3.8) is 0 Å². The van der Waals surface area contributed by atoms with Crippen molar-refractivity contribution in [2.75, 3.05) is 11.5 Å². The van der Waals surface area contributed by atoms with Crippen LogP contribution in [0.5, 0.6) is 0 Å². The molecule has 6 nitrogen and oxygen atoms in total. The van der Waals surface area contributed by atoms with Crippen LogP contribution in [-0.2, 0) is 18.7 Å². The number of Topliss-reactive ketones (excluding diaryl/α,β-unsaturated/α-hetero) is 1. The van der Waals surface area contributed by atoms with Gasteiger partial charge in [0.2, 0.25) is 11.8 Å². The molecule has 1 heterocycles. The molecule has 9 rings (SSSR count). The first kappa shape index (κ1) is 28.3. The van der Waals surface area contributed by atoms with Gasteiger partial charge < -0.3 is 4.74 Å². The lowest BCUT2D eigenvalue weighted by Gasteiger charge is -2.51. The largest absolute Gasteiger partial charge is 0.454 e. The van der Waals surface area contributed by atoms with E-state index in [9.17, 15) is 19.2 Å². The van der Waals surface area contributed by atoms with Gasteiger partial charge >= 0.3 is 5.97 Å². The summed E-state index contributed by atoms with van der Waals surface area (Å²) in [6.07, 6.45) is 0. The normalized spacial score (nSPS) is 22.2. The zero-order valence-electron chi connectivity index (χ0n) is 24.4. The maximum atomic E-state index is 14.2. The predicted molar refractivity (Wildman–Crippen MR) is 177 cm³/mol. The van der Waals surface area contributed by atoms with Gasteiger partial charge in [-0.05, 0) is 51.6 Å². The number of amides is 2. The van der Waals surface area contributed by atoms with Crippen LogP contribution in [0, 0.1) is 11.8 Å². The molecule has 1 fully saturated rings. The van der Waals surface area contributed by atoms with Crippen molar-refractivity contribution in [2.45, 2.75) is 10.2 Å². The van der Waals surface area contributed by atoms with E-state index in [4.69, 9.17) is 4.74 Å². The van der Waals surface area contributed by atoms with Crippen molar-refractivity contribution >= 4 is 45.2 Å². The molecule has 5 aromatic carbocycles. The highest BCUT2D eigenvalue weighted by molar-refractivity contribution is 9.09. The van der Waals surface area contributed by atoms with Gasteiger partial charge in [-0.25, -0.2) is 9.69 Å². The van der Waals surface area contributed by atoms with E-state index in [1.54, 1.807) is 30.3 Å². The Morgan fingerprint density at radius 3 is 1.96 bits per heavy atom. The molecular weight excluding hydrogens is 642 g/mol.